The van der Waals surface area contributed by atoms with Crippen LogP contribution in [0, 0.1) is 0 Å². The van der Waals surface area contributed by atoms with Crippen molar-refractivity contribution in [3.8, 4) is 0 Å². The molecule has 0 spiro atoms. The number of sulfone groups is 1. The molecule has 0 amide bonds. The first-order valence-corrected chi connectivity index (χ1v) is 10.3. The van der Waals surface area contributed by atoms with Gasteiger partial charge in [-0.1, -0.05) is 41.6 Å². The monoisotopic (exact) mass is 367 g/mol. The number of nitrogens with one attached hydrogen (secondary N) is 1. The first-order chi connectivity index (χ1) is 11.1. The Kier molecular flexibility index (Phi) is 5.31. The van der Waals surface area contributed by atoms with Gasteiger partial charge in [0.2, 0.25) is 0 Å². The van der Waals surface area contributed by atoms with Gasteiger partial charge in [0.05, 0.1) is 15.2 Å². The molecule has 3 rings (SSSR count). The van der Waals surface area contributed by atoms with Crippen molar-refractivity contribution in [2.24, 2.45) is 0 Å². The van der Waals surface area contributed by atoms with Crippen LogP contribution >= 0.6 is 23.4 Å². The molecule has 122 valence electrons. The minimum absolute atomic E-state index is 0.314. The molecule has 0 saturated carbocycles. The molecule has 1 fully saturated rings. The van der Waals surface area contributed by atoms with Gasteiger partial charge in [-0.3, -0.25) is 0 Å². The number of hydrogen-bond donors (Lipinski definition) is 1. The summed E-state index contributed by atoms with van der Waals surface area (Å²) >= 11 is 7.85. The summed E-state index contributed by atoms with van der Waals surface area (Å²) in [6.45, 7) is 1.40. The predicted octanol–water partition coefficient (Wildman–Crippen LogP) is 4.02. The standard InChI is InChI=1S/C17H18ClNO2S2/c18-16-11-14(23(20,21)15-7-4-10-19-12-15)8-9-17(16)22-13-5-2-1-3-6-13/h1-3,5-6,8-9,11,15,19H,4,7,10,12H2. The van der Waals surface area contributed by atoms with Crippen LogP contribution in [0.1, 0.15) is 12.8 Å². The number of halogens is 1. The third-order valence-corrected chi connectivity index (χ3v) is 7.59. The fourth-order valence-corrected chi connectivity index (χ4v) is 5.57. The molecule has 1 aliphatic rings. The molecule has 0 radical (unpaired) electrons. The van der Waals surface area contributed by atoms with Gasteiger partial charge in [0.25, 0.3) is 0 Å². The minimum atomic E-state index is -3.33. The quantitative estimate of drug-likeness (QED) is 0.886. The summed E-state index contributed by atoms with van der Waals surface area (Å²) in [5, 5.41) is 3.27. The van der Waals surface area contributed by atoms with E-state index in [1.807, 2.05) is 30.3 Å². The van der Waals surface area contributed by atoms with Crippen LogP contribution in [0.2, 0.25) is 5.02 Å². The molecule has 1 saturated heterocycles. The fourth-order valence-electron chi connectivity index (χ4n) is 2.63. The Hall–Kier alpha value is -1.01. The van der Waals surface area contributed by atoms with Crippen LogP contribution in [0.25, 0.3) is 0 Å². The van der Waals surface area contributed by atoms with Gasteiger partial charge >= 0.3 is 0 Å². The van der Waals surface area contributed by atoms with Crippen molar-refractivity contribution in [1.82, 2.24) is 5.32 Å². The van der Waals surface area contributed by atoms with Crippen molar-refractivity contribution >= 4 is 33.2 Å². The SMILES string of the molecule is O=S(=O)(c1ccc(Sc2ccccc2)c(Cl)c1)C1CCCNC1. The number of benzene rings is 2. The molecule has 0 aromatic heterocycles. The van der Waals surface area contributed by atoms with Crippen molar-refractivity contribution < 1.29 is 8.42 Å². The number of rotatable bonds is 4. The van der Waals surface area contributed by atoms with Crippen LogP contribution in [0.3, 0.4) is 0 Å². The lowest BCUT2D eigenvalue weighted by atomic mass is 10.2. The van der Waals surface area contributed by atoms with E-state index in [1.165, 1.54) is 11.8 Å². The van der Waals surface area contributed by atoms with Gasteiger partial charge in [0.1, 0.15) is 0 Å². The maximum absolute atomic E-state index is 12.7. The minimum Gasteiger partial charge on any atom is -0.315 e. The summed E-state index contributed by atoms with van der Waals surface area (Å²) in [4.78, 5) is 2.24. The zero-order valence-electron chi connectivity index (χ0n) is 12.5. The van der Waals surface area contributed by atoms with Gasteiger partial charge < -0.3 is 5.32 Å². The highest BCUT2D eigenvalue weighted by Crippen LogP contribution is 2.35. The van der Waals surface area contributed by atoms with Gasteiger partial charge in [-0.2, -0.15) is 0 Å². The lowest BCUT2D eigenvalue weighted by Crippen LogP contribution is -2.38. The highest BCUT2D eigenvalue weighted by molar-refractivity contribution is 7.99. The predicted molar refractivity (Wildman–Crippen MR) is 95.1 cm³/mol. The Balaban J connectivity index is 1.84. The second kappa shape index (κ2) is 7.26. The molecule has 1 atom stereocenters. The molecular formula is C17H18ClNO2S2. The van der Waals surface area contributed by atoms with E-state index in [0.29, 0.717) is 22.9 Å². The van der Waals surface area contributed by atoms with E-state index in [-0.39, 0.29) is 5.25 Å². The third-order valence-electron chi connectivity index (χ3n) is 3.89. The van der Waals surface area contributed by atoms with E-state index in [1.54, 1.807) is 18.2 Å². The average Bonchev–Trinajstić information content (AvgIpc) is 2.58. The van der Waals surface area contributed by atoms with E-state index in [4.69, 9.17) is 11.6 Å². The smallest absolute Gasteiger partial charge is 0.182 e. The van der Waals surface area contributed by atoms with E-state index in [2.05, 4.69) is 5.32 Å². The maximum Gasteiger partial charge on any atom is 0.182 e. The molecule has 0 aliphatic carbocycles. The van der Waals surface area contributed by atoms with Gasteiger partial charge in [-0.05, 0) is 49.7 Å². The third kappa shape index (κ3) is 3.91. The molecule has 23 heavy (non-hydrogen) atoms. The Morgan fingerprint density at radius 1 is 1.13 bits per heavy atom. The van der Waals surface area contributed by atoms with Crippen LogP contribution in [-0.2, 0) is 9.84 Å². The summed E-state index contributed by atoms with van der Waals surface area (Å²) in [6.07, 6.45) is 1.59. The second-order valence-electron chi connectivity index (χ2n) is 5.52. The summed E-state index contributed by atoms with van der Waals surface area (Å²) in [5.74, 6) is 0. The molecule has 2 aromatic rings. The summed E-state index contributed by atoms with van der Waals surface area (Å²) in [6, 6.07) is 14.9. The van der Waals surface area contributed by atoms with Crippen LogP contribution < -0.4 is 5.32 Å². The molecule has 0 bridgehead atoms. The van der Waals surface area contributed by atoms with E-state index in [0.717, 1.165) is 22.8 Å². The zero-order chi connectivity index (χ0) is 16.3. The molecule has 3 nitrogen and oxygen atoms in total. The molecule has 2 aromatic carbocycles. The van der Waals surface area contributed by atoms with Crippen LogP contribution in [0.5, 0.6) is 0 Å². The van der Waals surface area contributed by atoms with Crippen molar-refractivity contribution in [3.05, 3.63) is 53.6 Å². The molecule has 1 unspecified atom stereocenters. The fraction of sp³-hybridized carbons (Fsp3) is 0.294. The Morgan fingerprint density at radius 3 is 2.57 bits per heavy atom. The number of piperidine rings is 1. The summed E-state index contributed by atoms with van der Waals surface area (Å²) in [7, 11) is -3.33. The first-order valence-electron chi connectivity index (χ1n) is 7.54. The molecule has 1 aliphatic heterocycles. The van der Waals surface area contributed by atoms with Crippen molar-refractivity contribution in [1.29, 1.82) is 0 Å². The highest BCUT2D eigenvalue weighted by Gasteiger charge is 2.29. The highest BCUT2D eigenvalue weighted by atomic mass is 35.5. The maximum atomic E-state index is 12.7. The van der Waals surface area contributed by atoms with E-state index < -0.39 is 9.84 Å². The van der Waals surface area contributed by atoms with E-state index >= 15 is 0 Å². The van der Waals surface area contributed by atoms with E-state index in [9.17, 15) is 8.42 Å². The van der Waals surface area contributed by atoms with Crippen LogP contribution in [-0.4, -0.2) is 26.8 Å². The average molecular weight is 368 g/mol. The lowest BCUT2D eigenvalue weighted by Gasteiger charge is -2.23. The van der Waals surface area contributed by atoms with Crippen LogP contribution in [0.4, 0.5) is 0 Å². The van der Waals surface area contributed by atoms with Crippen LogP contribution in [0.15, 0.2) is 63.2 Å². The van der Waals surface area contributed by atoms with Gasteiger partial charge in [0.15, 0.2) is 9.84 Å². The molecule has 6 heteroatoms. The largest absolute Gasteiger partial charge is 0.315 e. The summed E-state index contributed by atoms with van der Waals surface area (Å²) < 4.78 is 25.4. The molecular weight excluding hydrogens is 350 g/mol. The van der Waals surface area contributed by atoms with Crippen molar-refractivity contribution in [3.63, 3.8) is 0 Å². The lowest BCUT2D eigenvalue weighted by molar-refractivity contribution is 0.497. The van der Waals surface area contributed by atoms with Gasteiger partial charge in [-0.15, -0.1) is 0 Å². The first kappa shape index (κ1) is 16.8. The molecule has 1 heterocycles. The molecule has 1 N–H and O–H groups in total. The normalized spacial score (nSPS) is 18.7. The van der Waals surface area contributed by atoms with Crippen molar-refractivity contribution in [2.45, 2.75) is 32.8 Å². The Bertz CT molecular complexity index is 772. The Labute approximate surface area is 146 Å². The number of hydrogen-bond acceptors (Lipinski definition) is 4. The van der Waals surface area contributed by atoms with Gasteiger partial charge in [0, 0.05) is 16.3 Å². The Morgan fingerprint density at radius 2 is 1.91 bits per heavy atom. The zero-order valence-corrected chi connectivity index (χ0v) is 14.9. The van der Waals surface area contributed by atoms with Gasteiger partial charge in [-0.25, -0.2) is 8.42 Å². The topological polar surface area (TPSA) is 46.2 Å². The summed E-state index contributed by atoms with van der Waals surface area (Å²) in [5.41, 5.74) is 0. The second-order valence-corrected chi connectivity index (χ2v) is 9.27. The van der Waals surface area contributed by atoms with Crippen molar-refractivity contribution in [2.75, 3.05) is 13.1 Å².